The molecule has 1 fully saturated rings. The Morgan fingerprint density at radius 3 is 2.74 bits per heavy atom. The first-order valence-corrected chi connectivity index (χ1v) is 7.47. The van der Waals surface area contributed by atoms with Gasteiger partial charge in [0.25, 0.3) is 0 Å². The number of hydrogen-bond acceptors (Lipinski definition) is 3. The molecule has 0 amide bonds. The average molecular weight is 262 g/mol. The topological polar surface area (TPSA) is 24.5 Å². The minimum atomic E-state index is 0.927. The van der Waals surface area contributed by atoms with Crippen LogP contribution in [0.25, 0.3) is 0 Å². The Balaban J connectivity index is 1.99. The van der Waals surface area contributed by atoms with E-state index in [0.717, 1.165) is 31.9 Å². The van der Waals surface area contributed by atoms with Gasteiger partial charge in [0.2, 0.25) is 0 Å². The zero-order valence-corrected chi connectivity index (χ0v) is 12.2. The largest absolute Gasteiger partial charge is 0.495 e. The second-order valence-corrected chi connectivity index (χ2v) is 5.23. The minimum absolute atomic E-state index is 0.927. The van der Waals surface area contributed by atoms with Crippen LogP contribution in [0.3, 0.4) is 0 Å². The molecule has 1 aromatic rings. The van der Waals surface area contributed by atoms with Crippen LogP contribution in [0.5, 0.6) is 5.75 Å². The lowest BCUT2D eigenvalue weighted by Crippen LogP contribution is -2.19. The molecule has 3 nitrogen and oxygen atoms in total. The van der Waals surface area contributed by atoms with Gasteiger partial charge in [-0.05, 0) is 43.5 Å². The molecule has 3 heteroatoms. The Morgan fingerprint density at radius 2 is 2.05 bits per heavy atom. The summed E-state index contributed by atoms with van der Waals surface area (Å²) in [5.74, 6) is 1.01. The normalized spacial score (nSPS) is 14.9. The summed E-state index contributed by atoms with van der Waals surface area (Å²) in [6.45, 7) is 6.55. The van der Waals surface area contributed by atoms with Crippen molar-refractivity contribution in [3.8, 4) is 5.75 Å². The van der Waals surface area contributed by atoms with E-state index in [9.17, 15) is 0 Å². The van der Waals surface area contributed by atoms with Crippen molar-refractivity contribution in [2.24, 2.45) is 0 Å². The van der Waals surface area contributed by atoms with Crippen LogP contribution in [-0.4, -0.2) is 26.7 Å². The molecule has 1 N–H and O–H groups in total. The van der Waals surface area contributed by atoms with Crippen molar-refractivity contribution in [2.45, 2.75) is 39.2 Å². The highest BCUT2D eigenvalue weighted by molar-refractivity contribution is 5.60. The summed E-state index contributed by atoms with van der Waals surface area (Å²) < 4.78 is 5.56. The summed E-state index contributed by atoms with van der Waals surface area (Å²) in [5, 5.41) is 3.47. The van der Waals surface area contributed by atoms with Gasteiger partial charge in [-0.1, -0.05) is 19.4 Å². The molecule has 0 saturated carbocycles. The van der Waals surface area contributed by atoms with E-state index < -0.39 is 0 Å². The van der Waals surface area contributed by atoms with Crippen molar-refractivity contribution >= 4 is 5.69 Å². The predicted octanol–water partition coefficient (Wildman–Crippen LogP) is 3.19. The Kier molecular flexibility index (Phi) is 5.52. The van der Waals surface area contributed by atoms with Crippen molar-refractivity contribution in [1.82, 2.24) is 5.32 Å². The van der Waals surface area contributed by atoms with Crippen molar-refractivity contribution in [1.29, 1.82) is 0 Å². The standard InChI is InChI=1S/C16H26N2O/c1-3-4-9-17-13-14-7-8-15(16(12-14)19-2)18-10-5-6-11-18/h7-8,12,17H,3-6,9-11,13H2,1-2H3. The molecular formula is C16H26N2O. The quantitative estimate of drug-likeness (QED) is 0.764. The molecule has 1 aliphatic rings. The fraction of sp³-hybridized carbons (Fsp3) is 0.625. The third-order valence-electron chi connectivity index (χ3n) is 3.73. The molecule has 1 heterocycles. The molecule has 0 aromatic heterocycles. The molecule has 0 aliphatic carbocycles. The first kappa shape index (κ1) is 14.2. The Labute approximate surface area is 116 Å². The molecule has 0 unspecified atom stereocenters. The molecule has 0 radical (unpaired) electrons. The summed E-state index contributed by atoms with van der Waals surface area (Å²) in [4.78, 5) is 2.42. The van der Waals surface area contributed by atoms with Gasteiger partial charge in [0.15, 0.2) is 0 Å². The SMILES string of the molecule is CCCCNCc1ccc(N2CCCC2)c(OC)c1. The highest BCUT2D eigenvalue weighted by atomic mass is 16.5. The lowest BCUT2D eigenvalue weighted by atomic mass is 10.1. The number of nitrogens with zero attached hydrogens (tertiary/aromatic N) is 1. The van der Waals surface area contributed by atoms with Crippen LogP contribution in [0.2, 0.25) is 0 Å². The van der Waals surface area contributed by atoms with Crippen molar-refractivity contribution in [3.05, 3.63) is 23.8 Å². The van der Waals surface area contributed by atoms with E-state index in [-0.39, 0.29) is 0 Å². The highest BCUT2D eigenvalue weighted by Gasteiger charge is 2.16. The van der Waals surface area contributed by atoms with E-state index in [1.54, 1.807) is 7.11 Å². The van der Waals surface area contributed by atoms with E-state index in [0.29, 0.717) is 0 Å². The molecule has 1 aliphatic heterocycles. The number of unbranched alkanes of at least 4 members (excludes halogenated alkanes) is 1. The van der Waals surface area contributed by atoms with Gasteiger partial charge in [-0.3, -0.25) is 0 Å². The number of ether oxygens (including phenoxy) is 1. The lowest BCUT2D eigenvalue weighted by molar-refractivity contribution is 0.414. The molecular weight excluding hydrogens is 236 g/mol. The Hall–Kier alpha value is -1.22. The number of nitrogens with one attached hydrogen (secondary N) is 1. The van der Waals surface area contributed by atoms with E-state index in [1.807, 2.05) is 0 Å². The molecule has 106 valence electrons. The maximum absolute atomic E-state index is 5.56. The van der Waals surface area contributed by atoms with Crippen LogP contribution in [-0.2, 0) is 6.54 Å². The van der Waals surface area contributed by atoms with Crippen LogP contribution >= 0.6 is 0 Å². The van der Waals surface area contributed by atoms with Gasteiger partial charge in [-0.15, -0.1) is 0 Å². The summed E-state index contributed by atoms with van der Waals surface area (Å²) in [5.41, 5.74) is 2.55. The number of anilines is 1. The van der Waals surface area contributed by atoms with Crippen LogP contribution in [0, 0.1) is 0 Å². The van der Waals surface area contributed by atoms with Gasteiger partial charge >= 0.3 is 0 Å². The Bertz CT molecular complexity index is 386. The van der Waals surface area contributed by atoms with Crippen LogP contribution in [0.4, 0.5) is 5.69 Å². The van der Waals surface area contributed by atoms with Crippen molar-refractivity contribution in [3.63, 3.8) is 0 Å². The van der Waals surface area contributed by atoms with Gasteiger partial charge in [-0.2, -0.15) is 0 Å². The molecule has 0 bridgehead atoms. The van der Waals surface area contributed by atoms with Crippen molar-refractivity contribution < 1.29 is 4.74 Å². The van der Waals surface area contributed by atoms with Gasteiger partial charge < -0.3 is 15.0 Å². The highest BCUT2D eigenvalue weighted by Crippen LogP contribution is 2.31. The third kappa shape index (κ3) is 3.87. The van der Waals surface area contributed by atoms with Gasteiger partial charge in [0.05, 0.1) is 12.8 Å². The van der Waals surface area contributed by atoms with E-state index in [2.05, 4.69) is 35.3 Å². The summed E-state index contributed by atoms with van der Waals surface area (Å²) in [6, 6.07) is 6.60. The molecule has 2 rings (SSSR count). The predicted molar refractivity (Wildman–Crippen MR) is 81.1 cm³/mol. The molecule has 1 aromatic carbocycles. The number of benzene rings is 1. The van der Waals surface area contributed by atoms with Gasteiger partial charge in [0.1, 0.15) is 5.75 Å². The van der Waals surface area contributed by atoms with Crippen LogP contribution in [0.15, 0.2) is 18.2 Å². The fourth-order valence-electron chi connectivity index (χ4n) is 2.59. The van der Waals surface area contributed by atoms with E-state index >= 15 is 0 Å². The maximum atomic E-state index is 5.56. The van der Waals surface area contributed by atoms with Crippen LogP contribution in [0.1, 0.15) is 38.2 Å². The first-order chi connectivity index (χ1) is 9.35. The molecule has 19 heavy (non-hydrogen) atoms. The number of hydrogen-bond donors (Lipinski definition) is 1. The monoisotopic (exact) mass is 262 g/mol. The molecule has 0 spiro atoms. The molecule has 0 atom stereocenters. The smallest absolute Gasteiger partial charge is 0.142 e. The van der Waals surface area contributed by atoms with E-state index in [4.69, 9.17) is 4.74 Å². The summed E-state index contributed by atoms with van der Waals surface area (Å²) in [7, 11) is 1.77. The average Bonchev–Trinajstić information content (AvgIpc) is 2.97. The second-order valence-electron chi connectivity index (χ2n) is 5.23. The zero-order chi connectivity index (χ0) is 13.5. The second kappa shape index (κ2) is 7.39. The summed E-state index contributed by atoms with van der Waals surface area (Å²) >= 11 is 0. The summed E-state index contributed by atoms with van der Waals surface area (Å²) in [6.07, 6.45) is 5.07. The number of methoxy groups -OCH3 is 1. The number of rotatable bonds is 7. The Morgan fingerprint density at radius 1 is 1.26 bits per heavy atom. The minimum Gasteiger partial charge on any atom is -0.495 e. The van der Waals surface area contributed by atoms with E-state index in [1.165, 1.54) is 36.9 Å². The van der Waals surface area contributed by atoms with Gasteiger partial charge in [-0.25, -0.2) is 0 Å². The maximum Gasteiger partial charge on any atom is 0.142 e. The molecule has 1 saturated heterocycles. The van der Waals surface area contributed by atoms with Crippen molar-refractivity contribution in [2.75, 3.05) is 31.6 Å². The van der Waals surface area contributed by atoms with Crippen LogP contribution < -0.4 is 15.0 Å². The first-order valence-electron chi connectivity index (χ1n) is 7.47. The third-order valence-corrected chi connectivity index (χ3v) is 3.73. The fourth-order valence-corrected chi connectivity index (χ4v) is 2.59. The zero-order valence-electron chi connectivity index (χ0n) is 12.2. The van der Waals surface area contributed by atoms with Gasteiger partial charge in [0, 0.05) is 19.6 Å². The lowest BCUT2D eigenvalue weighted by Gasteiger charge is -2.21.